The van der Waals surface area contributed by atoms with Crippen molar-refractivity contribution in [2.24, 2.45) is 0 Å². The van der Waals surface area contributed by atoms with Crippen LogP contribution in [0.3, 0.4) is 0 Å². The van der Waals surface area contributed by atoms with E-state index in [1.165, 1.54) is 0 Å². The Kier molecular flexibility index (Phi) is 5.00. The Labute approximate surface area is 106 Å². The molecule has 17 heavy (non-hydrogen) atoms. The molecule has 0 bridgehead atoms. The zero-order valence-electron chi connectivity index (χ0n) is 10.7. The van der Waals surface area contributed by atoms with Gasteiger partial charge in [-0.15, -0.1) is 0 Å². The van der Waals surface area contributed by atoms with Crippen LogP contribution in [-0.2, 0) is 10.8 Å². The van der Waals surface area contributed by atoms with Crippen molar-refractivity contribution in [3.63, 3.8) is 0 Å². The molecular formula is C13H21NO2S. The normalized spacial score (nSPS) is 13.4. The molecule has 1 aromatic rings. The number of nitrogen functional groups attached to an aromatic ring is 1. The van der Waals surface area contributed by atoms with Gasteiger partial charge in [-0.05, 0) is 39.3 Å². The summed E-state index contributed by atoms with van der Waals surface area (Å²) in [4.78, 5) is 0. The second kappa shape index (κ2) is 6.05. The molecule has 2 N–H and O–H groups in total. The Hall–Kier alpha value is -1.03. The van der Waals surface area contributed by atoms with Crippen LogP contribution < -0.4 is 10.5 Å². The fourth-order valence-electron chi connectivity index (χ4n) is 1.29. The van der Waals surface area contributed by atoms with Crippen molar-refractivity contribution in [2.75, 3.05) is 18.1 Å². The molecule has 0 aliphatic carbocycles. The molecule has 1 atom stereocenters. The summed E-state index contributed by atoms with van der Waals surface area (Å²) < 4.78 is 17.2. The molecule has 0 radical (unpaired) electrons. The SMILES string of the molecule is CC(C)(C)S(=O)CCCOc1cccc(N)c1. The smallest absolute Gasteiger partial charge is 0.121 e. The Morgan fingerprint density at radius 1 is 1.35 bits per heavy atom. The molecule has 0 aliphatic rings. The minimum atomic E-state index is -0.804. The molecule has 1 rings (SSSR count). The zero-order chi connectivity index (χ0) is 12.9. The zero-order valence-corrected chi connectivity index (χ0v) is 11.5. The van der Waals surface area contributed by atoms with Gasteiger partial charge in [-0.1, -0.05) is 6.07 Å². The van der Waals surface area contributed by atoms with Crippen molar-refractivity contribution in [3.05, 3.63) is 24.3 Å². The molecule has 0 saturated heterocycles. The highest BCUT2D eigenvalue weighted by Crippen LogP contribution is 2.15. The highest BCUT2D eigenvalue weighted by atomic mass is 32.2. The molecule has 96 valence electrons. The number of hydrogen-bond acceptors (Lipinski definition) is 3. The van der Waals surface area contributed by atoms with Crippen LogP contribution in [0.2, 0.25) is 0 Å². The first-order valence-electron chi connectivity index (χ1n) is 5.76. The van der Waals surface area contributed by atoms with Gasteiger partial charge >= 0.3 is 0 Å². The molecule has 3 nitrogen and oxygen atoms in total. The first-order valence-corrected chi connectivity index (χ1v) is 7.08. The first kappa shape index (κ1) is 14.0. The lowest BCUT2D eigenvalue weighted by Gasteiger charge is -2.17. The van der Waals surface area contributed by atoms with Crippen molar-refractivity contribution in [1.82, 2.24) is 0 Å². The quantitative estimate of drug-likeness (QED) is 0.650. The van der Waals surface area contributed by atoms with Crippen molar-refractivity contribution in [2.45, 2.75) is 31.9 Å². The van der Waals surface area contributed by atoms with Crippen LogP contribution in [0.4, 0.5) is 5.69 Å². The van der Waals surface area contributed by atoms with E-state index in [2.05, 4.69) is 0 Å². The lowest BCUT2D eigenvalue weighted by Crippen LogP contribution is -2.24. The van der Waals surface area contributed by atoms with Gasteiger partial charge in [-0.3, -0.25) is 4.21 Å². The van der Waals surface area contributed by atoms with Gasteiger partial charge in [0.15, 0.2) is 0 Å². The summed E-state index contributed by atoms with van der Waals surface area (Å²) >= 11 is 0. The summed E-state index contributed by atoms with van der Waals surface area (Å²) in [5.74, 6) is 1.44. The van der Waals surface area contributed by atoms with Crippen LogP contribution in [0.15, 0.2) is 24.3 Å². The third-order valence-corrected chi connectivity index (χ3v) is 4.31. The third kappa shape index (κ3) is 5.22. The van der Waals surface area contributed by atoms with Gasteiger partial charge in [0.2, 0.25) is 0 Å². The fourth-order valence-corrected chi connectivity index (χ4v) is 2.28. The van der Waals surface area contributed by atoms with Gasteiger partial charge in [-0.2, -0.15) is 0 Å². The van der Waals surface area contributed by atoms with E-state index in [1.807, 2.05) is 39.0 Å². The topological polar surface area (TPSA) is 52.3 Å². The van der Waals surface area contributed by atoms with Gasteiger partial charge in [-0.25, -0.2) is 0 Å². The maximum Gasteiger partial charge on any atom is 0.121 e. The minimum Gasteiger partial charge on any atom is -0.493 e. The standard InChI is InChI=1S/C13H21NO2S/c1-13(2,3)17(15)9-5-8-16-12-7-4-6-11(14)10-12/h4,6-7,10H,5,8-9,14H2,1-3H3. The molecular weight excluding hydrogens is 234 g/mol. The van der Waals surface area contributed by atoms with E-state index in [4.69, 9.17) is 10.5 Å². The average Bonchev–Trinajstić information content (AvgIpc) is 2.23. The van der Waals surface area contributed by atoms with Crippen molar-refractivity contribution in [1.29, 1.82) is 0 Å². The second-order valence-corrected chi connectivity index (χ2v) is 7.26. The Balaban J connectivity index is 2.28. The van der Waals surface area contributed by atoms with Crippen LogP contribution in [0.1, 0.15) is 27.2 Å². The molecule has 1 unspecified atom stereocenters. The second-order valence-electron chi connectivity index (χ2n) is 4.94. The Morgan fingerprint density at radius 3 is 2.65 bits per heavy atom. The summed E-state index contributed by atoms with van der Waals surface area (Å²) in [6.45, 7) is 6.54. The molecule has 0 fully saturated rings. The molecule has 0 aliphatic heterocycles. The lowest BCUT2D eigenvalue weighted by atomic mass is 10.3. The molecule has 0 saturated carbocycles. The van der Waals surface area contributed by atoms with Crippen molar-refractivity contribution in [3.8, 4) is 5.75 Å². The van der Waals surface area contributed by atoms with Crippen LogP contribution in [0.5, 0.6) is 5.75 Å². The van der Waals surface area contributed by atoms with E-state index < -0.39 is 10.8 Å². The number of anilines is 1. The Bertz CT molecular complexity index is 385. The third-order valence-electron chi connectivity index (χ3n) is 2.28. The van der Waals surface area contributed by atoms with Gasteiger partial charge in [0.25, 0.3) is 0 Å². The van der Waals surface area contributed by atoms with E-state index >= 15 is 0 Å². The van der Waals surface area contributed by atoms with Gasteiger partial charge in [0, 0.05) is 33.1 Å². The summed E-state index contributed by atoms with van der Waals surface area (Å²) in [6, 6.07) is 7.34. The number of hydrogen-bond donors (Lipinski definition) is 1. The summed E-state index contributed by atoms with van der Waals surface area (Å²) in [7, 11) is -0.804. The van der Waals surface area contributed by atoms with Crippen LogP contribution in [-0.4, -0.2) is 21.3 Å². The van der Waals surface area contributed by atoms with Crippen molar-refractivity contribution < 1.29 is 8.95 Å². The summed E-state index contributed by atoms with van der Waals surface area (Å²) in [5, 5.41) is 0. The minimum absolute atomic E-state index is 0.142. The number of benzene rings is 1. The van der Waals surface area contributed by atoms with Crippen molar-refractivity contribution >= 4 is 16.5 Å². The van der Waals surface area contributed by atoms with Crippen LogP contribution in [0, 0.1) is 0 Å². The maximum atomic E-state index is 11.8. The van der Waals surface area contributed by atoms with Crippen LogP contribution in [0.25, 0.3) is 0 Å². The van der Waals surface area contributed by atoms with Gasteiger partial charge < -0.3 is 10.5 Å². The molecule has 4 heteroatoms. The lowest BCUT2D eigenvalue weighted by molar-refractivity contribution is 0.318. The summed E-state index contributed by atoms with van der Waals surface area (Å²) in [6.07, 6.45) is 0.790. The fraction of sp³-hybridized carbons (Fsp3) is 0.538. The van der Waals surface area contributed by atoms with Crippen LogP contribution >= 0.6 is 0 Å². The highest BCUT2D eigenvalue weighted by Gasteiger charge is 2.18. The molecule has 0 spiro atoms. The molecule has 0 aromatic heterocycles. The van der Waals surface area contributed by atoms with E-state index in [0.717, 1.165) is 12.2 Å². The van der Waals surface area contributed by atoms with E-state index in [1.54, 1.807) is 6.07 Å². The van der Waals surface area contributed by atoms with Gasteiger partial charge in [0.1, 0.15) is 5.75 Å². The molecule has 1 aromatic carbocycles. The predicted octanol–water partition coefficient (Wildman–Crippen LogP) is 2.58. The number of ether oxygens (including phenoxy) is 1. The highest BCUT2D eigenvalue weighted by molar-refractivity contribution is 7.86. The number of nitrogens with two attached hydrogens (primary N) is 1. The average molecular weight is 255 g/mol. The predicted molar refractivity (Wildman–Crippen MR) is 73.7 cm³/mol. The first-order chi connectivity index (χ1) is 7.89. The summed E-state index contributed by atoms with van der Waals surface area (Å²) in [5.41, 5.74) is 6.33. The van der Waals surface area contributed by atoms with E-state index in [0.29, 0.717) is 18.0 Å². The molecule has 0 heterocycles. The van der Waals surface area contributed by atoms with E-state index in [9.17, 15) is 4.21 Å². The maximum absolute atomic E-state index is 11.8. The molecule has 0 amide bonds. The van der Waals surface area contributed by atoms with E-state index in [-0.39, 0.29) is 4.75 Å². The monoisotopic (exact) mass is 255 g/mol. The largest absolute Gasteiger partial charge is 0.493 e. The Morgan fingerprint density at radius 2 is 2.06 bits per heavy atom. The van der Waals surface area contributed by atoms with Gasteiger partial charge in [0.05, 0.1) is 6.61 Å². The number of rotatable bonds is 5.